The molecule has 1 saturated carbocycles. The van der Waals surface area contributed by atoms with Crippen LogP contribution in [-0.4, -0.2) is 63.3 Å². The fourth-order valence-corrected chi connectivity index (χ4v) is 5.49. The number of fused-ring (bicyclic) bond motifs is 1. The number of hydrogen-bond acceptors (Lipinski definition) is 8. The molecule has 2 aliphatic rings. The quantitative estimate of drug-likeness (QED) is 0.522. The number of carbonyl (C=O) groups excluding carboxylic acids is 2. The van der Waals surface area contributed by atoms with Crippen molar-refractivity contribution in [1.29, 1.82) is 10.5 Å². The fraction of sp³-hybridized carbons (Fsp3) is 0.360. The third-order valence-corrected chi connectivity index (χ3v) is 7.07. The average molecular weight is 485 g/mol. The van der Waals surface area contributed by atoms with E-state index in [0.717, 1.165) is 11.2 Å². The van der Waals surface area contributed by atoms with Crippen LogP contribution in [0, 0.1) is 22.7 Å². The van der Waals surface area contributed by atoms with Gasteiger partial charge in [-0.3, -0.25) is 9.78 Å². The first-order valence-electron chi connectivity index (χ1n) is 11.7. The highest BCUT2D eigenvalue weighted by Gasteiger charge is 2.42. The highest BCUT2D eigenvalue weighted by Crippen LogP contribution is 2.41. The number of aromatic nitrogens is 3. The van der Waals surface area contributed by atoms with Gasteiger partial charge in [0.25, 0.3) is 5.91 Å². The maximum atomic E-state index is 12.5. The summed E-state index contributed by atoms with van der Waals surface area (Å²) >= 11 is 0. The van der Waals surface area contributed by atoms with Crippen molar-refractivity contribution < 1.29 is 14.3 Å². The van der Waals surface area contributed by atoms with Gasteiger partial charge < -0.3 is 20.3 Å². The SMILES string of the molecule is N#CCN(c1ccncc1C(N)=O)[C@@H]1CC[C@@H](N2CCOC2=O)[C@H](c2ccc3cc(C#N)cnn23)C1. The first kappa shape index (κ1) is 23.1. The number of nitrogens with zero attached hydrogens (tertiary/aromatic N) is 7. The number of hydrogen-bond donors (Lipinski definition) is 1. The predicted molar refractivity (Wildman–Crippen MR) is 128 cm³/mol. The van der Waals surface area contributed by atoms with Crippen molar-refractivity contribution in [3.63, 3.8) is 0 Å². The van der Waals surface area contributed by atoms with E-state index < -0.39 is 5.91 Å². The van der Waals surface area contributed by atoms with Crippen molar-refractivity contribution in [3.8, 4) is 12.1 Å². The van der Waals surface area contributed by atoms with Crippen LogP contribution in [0.2, 0.25) is 0 Å². The standard InChI is InChI=1S/C25H24N8O3/c26-6-8-31(22-5-7-29-15-20(22)24(28)34)17-1-3-21(32-9-10-36-25(32)35)19(12-17)23-4-2-18-11-16(13-27)14-30-33(18)23/h2,4-5,7,11,14-15,17,19,21H,1,3,8-10,12H2,(H2,28,34)/t17-,19-,21-/m1/s1. The van der Waals surface area contributed by atoms with E-state index in [4.69, 9.17) is 10.5 Å². The van der Waals surface area contributed by atoms with Gasteiger partial charge in [-0.1, -0.05) is 0 Å². The summed E-state index contributed by atoms with van der Waals surface area (Å²) in [6.45, 7) is 0.929. The van der Waals surface area contributed by atoms with E-state index >= 15 is 0 Å². The van der Waals surface area contributed by atoms with Crippen LogP contribution in [0.3, 0.4) is 0 Å². The summed E-state index contributed by atoms with van der Waals surface area (Å²) < 4.78 is 7.05. The highest BCUT2D eigenvalue weighted by molar-refractivity contribution is 5.98. The third kappa shape index (κ3) is 4.05. The molecule has 0 aromatic carbocycles. The number of primary amides is 1. The monoisotopic (exact) mass is 484 g/mol. The summed E-state index contributed by atoms with van der Waals surface area (Å²) in [5, 5.41) is 23.4. The number of nitriles is 2. The summed E-state index contributed by atoms with van der Waals surface area (Å²) in [6.07, 6.45) is 6.16. The summed E-state index contributed by atoms with van der Waals surface area (Å²) in [4.78, 5) is 32.3. The van der Waals surface area contributed by atoms with Crippen molar-refractivity contribution in [1.82, 2.24) is 19.5 Å². The van der Waals surface area contributed by atoms with Crippen LogP contribution in [0.15, 0.2) is 42.9 Å². The molecule has 1 aliphatic heterocycles. The van der Waals surface area contributed by atoms with E-state index in [0.29, 0.717) is 43.7 Å². The van der Waals surface area contributed by atoms with Crippen LogP contribution in [0.4, 0.5) is 10.5 Å². The summed E-state index contributed by atoms with van der Waals surface area (Å²) in [5.74, 6) is -0.737. The molecule has 1 aliphatic carbocycles. The highest BCUT2D eigenvalue weighted by atomic mass is 16.6. The van der Waals surface area contributed by atoms with Crippen molar-refractivity contribution in [2.45, 2.75) is 37.3 Å². The van der Waals surface area contributed by atoms with Crippen LogP contribution in [0.5, 0.6) is 0 Å². The Kier molecular flexibility index (Phi) is 6.13. The fourth-order valence-electron chi connectivity index (χ4n) is 5.49. The van der Waals surface area contributed by atoms with Crippen LogP contribution in [0.25, 0.3) is 5.52 Å². The second-order valence-electron chi connectivity index (χ2n) is 8.94. The molecule has 36 heavy (non-hydrogen) atoms. The molecule has 3 aromatic rings. The number of cyclic esters (lactones) is 1. The minimum Gasteiger partial charge on any atom is -0.448 e. The molecule has 2 fully saturated rings. The smallest absolute Gasteiger partial charge is 0.410 e. The number of ether oxygens (including phenoxy) is 1. The lowest BCUT2D eigenvalue weighted by Crippen LogP contribution is -2.49. The van der Waals surface area contributed by atoms with Gasteiger partial charge in [0.15, 0.2) is 0 Å². The van der Waals surface area contributed by atoms with Crippen LogP contribution in [-0.2, 0) is 4.74 Å². The number of anilines is 1. The second kappa shape index (κ2) is 9.55. The van der Waals surface area contributed by atoms with Gasteiger partial charge in [0, 0.05) is 36.1 Å². The van der Waals surface area contributed by atoms with Crippen molar-refractivity contribution in [2.75, 3.05) is 24.6 Å². The molecule has 0 spiro atoms. The zero-order valence-electron chi connectivity index (χ0n) is 19.4. The number of amides is 2. The van der Waals surface area contributed by atoms with E-state index in [-0.39, 0.29) is 36.2 Å². The minimum atomic E-state index is -0.610. The van der Waals surface area contributed by atoms with Crippen LogP contribution < -0.4 is 10.6 Å². The molecule has 0 unspecified atom stereocenters. The number of pyridine rings is 1. The van der Waals surface area contributed by atoms with E-state index in [1.165, 1.54) is 12.4 Å². The van der Waals surface area contributed by atoms with Gasteiger partial charge in [-0.25, -0.2) is 9.31 Å². The molecule has 2 N–H and O–H groups in total. The number of rotatable bonds is 6. The van der Waals surface area contributed by atoms with Gasteiger partial charge >= 0.3 is 6.09 Å². The topological polar surface area (TPSA) is 154 Å². The Morgan fingerprint density at radius 3 is 2.83 bits per heavy atom. The first-order valence-corrected chi connectivity index (χ1v) is 11.7. The number of carbonyl (C=O) groups is 2. The Morgan fingerprint density at radius 1 is 1.25 bits per heavy atom. The Morgan fingerprint density at radius 2 is 2.11 bits per heavy atom. The Bertz CT molecular complexity index is 1400. The maximum absolute atomic E-state index is 12.5. The van der Waals surface area contributed by atoms with Gasteiger partial charge in [0.05, 0.1) is 41.1 Å². The van der Waals surface area contributed by atoms with Crippen LogP contribution in [0.1, 0.15) is 46.8 Å². The van der Waals surface area contributed by atoms with Gasteiger partial charge in [-0.15, -0.1) is 0 Å². The van der Waals surface area contributed by atoms with Crippen molar-refractivity contribution >= 4 is 23.2 Å². The Hall–Kier alpha value is -4.64. The molecule has 0 bridgehead atoms. The summed E-state index contributed by atoms with van der Waals surface area (Å²) in [7, 11) is 0. The van der Waals surface area contributed by atoms with Crippen molar-refractivity contribution in [3.05, 3.63) is 59.7 Å². The minimum absolute atomic E-state index is 0.0663. The van der Waals surface area contributed by atoms with Crippen molar-refractivity contribution in [2.24, 2.45) is 5.73 Å². The molecular formula is C25H24N8O3. The van der Waals surface area contributed by atoms with E-state index in [9.17, 15) is 20.1 Å². The molecule has 3 aromatic heterocycles. The third-order valence-electron chi connectivity index (χ3n) is 7.07. The van der Waals surface area contributed by atoms with Crippen LogP contribution >= 0.6 is 0 Å². The van der Waals surface area contributed by atoms with Gasteiger partial charge in [0.2, 0.25) is 0 Å². The van der Waals surface area contributed by atoms with E-state index in [2.05, 4.69) is 22.2 Å². The molecule has 11 nitrogen and oxygen atoms in total. The molecule has 3 atom stereocenters. The lowest BCUT2D eigenvalue weighted by molar-refractivity contribution is 0.0999. The lowest BCUT2D eigenvalue weighted by Gasteiger charge is -2.44. The first-order chi connectivity index (χ1) is 17.5. The summed E-state index contributed by atoms with van der Waals surface area (Å²) in [6, 6.07) is 11.5. The zero-order valence-corrected chi connectivity index (χ0v) is 19.4. The van der Waals surface area contributed by atoms with E-state index in [1.807, 2.05) is 17.0 Å². The van der Waals surface area contributed by atoms with E-state index in [1.54, 1.807) is 27.7 Å². The van der Waals surface area contributed by atoms with Gasteiger partial charge in [-0.05, 0) is 43.5 Å². The zero-order chi connectivity index (χ0) is 25.2. The normalized spacial score (nSPS) is 21.6. The predicted octanol–water partition coefficient (Wildman–Crippen LogP) is 2.19. The Labute approximate surface area is 207 Å². The second-order valence-corrected chi connectivity index (χ2v) is 8.94. The molecular weight excluding hydrogens is 460 g/mol. The summed E-state index contributed by atoms with van der Waals surface area (Å²) in [5.41, 5.74) is 8.59. The Balaban J connectivity index is 1.55. The average Bonchev–Trinajstić information content (AvgIpc) is 3.52. The largest absolute Gasteiger partial charge is 0.448 e. The maximum Gasteiger partial charge on any atom is 0.410 e. The van der Waals surface area contributed by atoms with Gasteiger partial charge in [0.1, 0.15) is 19.2 Å². The molecule has 2 amide bonds. The molecule has 182 valence electrons. The molecule has 11 heteroatoms. The molecule has 1 saturated heterocycles. The number of nitrogens with two attached hydrogens (primary N) is 1. The molecule has 5 rings (SSSR count). The molecule has 0 radical (unpaired) electrons. The molecule has 4 heterocycles. The lowest BCUT2D eigenvalue weighted by atomic mass is 9.78. The van der Waals surface area contributed by atoms with Gasteiger partial charge in [-0.2, -0.15) is 15.6 Å².